The Balaban J connectivity index is 1.18. The molecule has 0 spiro atoms. The zero-order chi connectivity index (χ0) is 28.9. The molecular weight excluding hydrogens is 546 g/mol. The number of rotatable bonds is 9. The summed E-state index contributed by atoms with van der Waals surface area (Å²) >= 11 is 0. The predicted molar refractivity (Wildman–Crippen MR) is 144 cm³/mol. The van der Waals surface area contributed by atoms with Gasteiger partial charge >= 0.3 is 6.09 Å². The number of alkyl halides is 2. The first-order chi connectivity index (χ1) is 19.8. The minimum absolute atomic E-state index is 0.0356. The van der Waals surface area contributed by atoms with Gasteiger partial charge in [-0.3, -0.25) is 15.1 Å². The van der Waals surface area contributed by atoms with E-state index in [2.05, 4.69) is 34.6 Å². The second-order valence-electron chi connectivity index (χ2n) is 10.3. The number of cyclic esters (lactones) is 1. The molecule has 41 heavy (non-hydrogen) atoms. The monoisotopic (exact) mass is 579 g/mol. The lowest BCUT2D eigenvalue weighted by Crippen LogP contribution is -2.38. The molecule has 3 aliphatic heterocycles. The first-order valence-electron chi connectivity index (χ1n) is 13.7. The van der Waals surface area contributed by atoms with Gasteiger partial charge in [-0.2, -0.15) is 0 Å². The number of benzene rings is 2. The molecule has 3 fully saturated rings. The summed E-state index contributed by atoms with van der Waals surface area (Å²) < 4.78 is 65.9. The minimum Gasteiger partial charge on any atom is -0.444 e. The molecule has 2 aromatic carbocycles. The zero-order valence-corrected chi connectivity index (χ0v) is 22.5. The van der Waals surface area contributed by atoms with E-state index in [9.17, 15) is 18.4 Å². The molecule has 0 aliphatic carbocycles. The van der Waals surface area contributed by atoms with Gasteiger partial charge in [-0.15, -0.1) is 0 Å². The van der Waals surface area contributed by atoms with E-state index in [0.29, 0.717) is 32.7 Å². The molecule has 1 N–H and O–H groups in total. The van der Waals surface area contributed by atoms with Crippen LogP contribution in [0.15, 0.2) is 36.4 Å². The molecule has 2 aromatic rings. The number of halogens is 4. The molecule has 3 aliphatic rings. The third-order valence-corrected chi connectivity index (χ3v) is 7.50. The Morgan fingerprint density at radius 3 is 2.34 bits per heavy atom. The number of hydrogen-bond donors (Lipinski definition) is 1. The molecule has 0 saturated carbocycles. The summed E-state index contributed by atoms with van der Waals surface area (Å²) in [4.78, 5) is 28.4. The second-order valence-corrected chi connectivity index (χ2v) is 10.3. The second kappa shape index (κ2) is 13.0. The number of ketones is 1. The van der Waals surface area contributed by atoms with E-state index in [4.69, 9.17) is 9.47 Å². The Kier molecular flexibility index (Phi) is 9.25. The highest BCUT2D eigenvalue weighted by Crippen LogP contribution is 2.32. The quantitative estimate of drug-likeness (QED) is 0.452. The third kappa shape index (κ3) is 7.08. The van der Waals surface area contributed by atoms with Crippen molar-refractivity contribution in [2.75, 3.05) is 73.7 Å². The van der Waals surface area contributed by atoms with Crippen molar-refractivity contribution in [2.24, 2.45) is 0 Å². The van der Waals surface area contributed by atoms with Crippen LogP contribution in [-0.2, 0) is 20.8 Å². The van der Waals surface area contributed by atoms with E-state index in [1.807, 2.05) is 5.01 Å². The van der Waals surface area contributed by atoms with E-state index >= 15 is 8.78 Å². The van der Waals surface area contributed by atoms with Gasteiger partial charge in [-0.1, -0.05) is 12.1 Å². The number of amides is 1. The molecule has 0 radical (unpaired) electrons. The molecule has 1 amide bonds. The summed E-state index contributed by atoms with van der Waals surface area (Å²) in [5, 5.41) is 2.02. The zero-order valence-electron chi connectivity index (χ0n) is 22.5. The van der Waals surface area contributed by atoms with E-state index in [0.717, 1.165) is 54.6 Å². The molecule has 9 nitrogen and oxygen atoms in total. The number of nitrogens with one attached hydrogen (secondary N) is 1. The fourth-order valence-corrected chi connectivity index (χ4v) is 5.29. The Hall–Kier alpha value is -3.42. The lowest BCUT2D eigenvalue weighted by atomic mass is 10.1. The lowest BCUT2D eigenvalue weighted by Gasteiger charge is -2.29. The molecule has 5 rings (SSSR count). The summed E-state index contributed by atoms with van der Waals surface area (Å²) in [5.41, 5.74) is 5.37. The summed E-state index contributed by atoms with van der Waals surface area (Å²) in [5.74, 6) is -2.89. The number of hydrogen-bond acceptors (Lipinski definition) is 8. The maximum Gasteiger partial charge on any atom is 0.414 e. The van der Waals surface area contributed by atoms with E-state index in [1.54, 1.807) is 4.90 Å². The van der Waals surface area contributed by atoms with E-state index in [-0.39, 0.29) is 24.3 Å². The fourth-order valence-electron chi connectivity index (χ4n) is 5.29. The van der Waals surface area contributed by atoms with Crippen molar-refractivity contribution in [1.82, 2.24) is 10.4 Å². The molecule has 1 atom stereocenters. The number of carbonyl (C=O) groups excluding carboxylic acids is 2. The third-order valence-electron chi connectivity index (χ3n) is 7.50. The standard InChI is InChI=1S/C28H33F4N5O4/c29-23-15-21(37-18-22(41-28(37)39)5-6-25(38)27(31)32)16-24(30)26(23)35-8-7-33-36(10-9-35)17-19-1-3-20(4-2-19)34-11-13-40-14-12-34/h1-4,15-16,22,27,33H,5-14,17-18H2/t22-/m0/s1. The average molecular weight is 580 g/mol. The van der Waals surface area contributed by atoms with Crippen molar-refractivity contribution in [3.8, 4) is 0 Å². The summed E-state index contributed by atoms with van der Waals surface area (Å²) in [7, 11) is 0. The van der Waals surface area contributed by atoms with Gasteiger partial charge in [-0.25, -0.2) is 27.4 Å². The molecule has 13 heteroatoms. The maximum absolute atomic E-state index is 15.2. The summed E-state index contributed by atoms with van der Waals surface area (Å²) in [6.45, 7) is 5.44. The summed E-state index contributed by atoms with van der Waals surface area (Å²) in [6.07, 6.45) is -5.31. The Labute approximate surface area is 235 Å². The molecular formula is C28H33F4N5O4. The van der Waals surface area contributed by atoms with Crippen molar-refractivity contribution in [3.05, 3.63) is 53.6 Å². The average Bonchev–Trinajstić information content (AvgIpc) is 3.19. The van der Waals surface area contributed by atoms with Crippen LogP contribution in [0.3, 0.4) is 0 Å². The molecule has 0 aromatic heterocycles. The topological polar surface area (TPSA) is 77.6 Å². The van der Waals surface area contributed by atoms with Crippen LogP contribution in [0.5, 0.6) is 0 Å². The van der Waals surface area contributed by atoms with E-state index < -0.39 is 42.5 Å². The van der Waals surface area contributed by atoms with Gasteiger partial charge in [0.05, 0.1) is 25.4 Å². The van der Waals surface area contributed by atoms with Crippen LogP contribution < -0.4 is 20.1 Å². The van der Waals surface area contributed by atoms with Crippen LogP contribution in [0.4, 0.5) is 39.4 Å². The van der Waals surface area contributed by atoms with Gasteiger partial charge in [-0.05, 0) is 24.1 Å². The highest BCUT2D eigenvalue weighted by Gasteiger charge is 2.34. The number of anilines is 3. The van der Waals surface area contributed by atoms with Crippen molar-refractivity contribution < 1.29 is 36.6 Å². The highest BCUT2D eigenvalue weighted by atomic mass is 19.3. The molecule has 3 heterocycles. The Morgan fingerprint density at radius 2 is 1.66 bits per heavy atom. The van der Waals surface area contributed by atoms with Crippen molar-refractivity contribution in [3.63, 3.8) is 0 Å². The lowest BCUT2D eigenvalue weighted by molar-refractivity contribution is -0.129. The molecule has 0 unspecified atom stereocenters. The van der Waals surface area contributed by atoms with Crippen molar-refractivity contribution in [1.29, 1.82) is 0 Å². The normalized spacial score (nSPS) is 20.5. The SMILES string of the molecule is O=C(CC[C@H]1CN(c2cc(F)c(N3CCNN(Cc4ccc(N5CCOCC5)cc4)CC3)c(F)c2)C(=O)O1)C(F)F. The first kappa shape index (κ1) is 29.1. The Morgan fingerprint density at radius 1 is 0.951 bits per heavy atom. The number of hydrazine groups is 1. The van der Waals surface area contributed by atoms with Gasteiger partial charge in [0.25, 0.3) is 6.43 Å². The van der Waals surface area contributed by atoms with Crippen LogP contribution in [0.1, 0.15) is 18.4 Å². The highest BCUT2D eigenvalue weighted by molar-refractivity contribution is 5.90. The van der Waals surface area contributed by atoms with Crippen LogP contribution in [-0.4, -0.2) is 88.4 Å². The smallest absolute Gasteiger partial charge is 0.414 e. The van der Waals surface area contributed by atoms with Gasteiger partial charge in [0.1, 0.15) is 11.8 Å². The maximum atomic E-state index is 15.2. The number of ether oxygens (including phenoxy) is 2. The largest absolute Gasteiger partial charge is 0.444 e. The number of nitrogens with zero attached hydrogens (tertiary/aromatic N) is 4. The van der Waals surface area contributed by atoms with E-state index in [1.165, 1.54) is 0 Å². The van der Waals surface area contributed by atoms with Gasteiger partial charge in [0, 0.05) is 70.1 Å². The van der Waals surface area contributed by atoms with Gasteiger partial charge < -0.3 is 19.3 Å². The molecule has 3 saturated heterocycles. The van der Waals surface area contributed by atoms with Crippen LogP contribution in [0, 0.1) is 11.6 Å². The van der Waals surface area contributed by atoms with Crippen LogP contribution in [0.25, 0.3) is 0 Å². The molecule has 0 bridgehead atoms. The Bertz CT molecular complexity index is 1210. The number of morpholine rings is 1. The van der Waals surface area contributed by atoms with Gasteiger partial charge in [0.2, 0.25) is 0 Å². The number of Topliss-reactive ketones (excluding diaryl/α,β-unsaturated/α-hetero) is 1. The van der Waals surface area contributed by atoms with Crippen LogP contribution in [0.2, 0.25) is 0 Å². The van der Waals surface area contributed by atoms with Crippen LogP contribution >= 0.6 is 0 Å². The van der Waals surface area contributed by atoms with Gasteiger partial charge in [0.15, 0.2) is 17.4 Å². The fraction of sp³-hybridized carbons (Fsp3) is 0.500. The predicted octanol–water partition coefficient (Wildman–Crippen LogP) is 3.57. The van der Waals surface area contributed by atoms with Crippen molar-refractivity contribution in [2.45, 2.75) is 31.9 Å². The first-order valence-corrected chi connectivity index (χ1v) is 13.7. The van der Waals surface area contributed by atoms with Crippen molar-refractivity contribution >= 4 is 28.9 Å². The minimum atomic E-state index is -3.09. The summed E-state index contributed by atoms with van der Waals surface area (Å²) in [6, 6.07) is 10.5. The molecule has 222 valence electrons. The number of carbonyl (C=O) groups is 2.